The number of benzene rings is 1. The Kier molecular flexibility index (Phi) is 5.92. The van der Waals surface area contributed by atoms with Gasteiger partial charge in [-0.15, -0.1) is 10.2 Å². The summed E-state index contributed by atoms with van der Waals surface area (Å²) in [4.78, 5) is 19.0. The Morgan fingerprint density at radius 2 is 2.03 bits per heavy atom. The molecule has 1 fully saturated rings. The van der Waals surface area contributed by atoms with Gasteiger partial charge < -0.3 is 18.8 Å². The zero-order chi connectivity index (χ0) is 20.9. The molecule has 0 saturated carbocycles. The second-order valence-corrected chi connectivity index (χ2v) is 7.21. The summed E-state index contributed by atoms with van der Waals surface area (Å²) in [7, 11) is 3.18. The number of aromatic nitrogens is 3. The Hall–Kier alpha value is -3.42. The van der Waals surface area contributed by atoms with Crippen LogP contribution in [0.4, 0.5) is 0 Å². The number of amides is 1. The molecular weight excluding hydrogens is 384 g/mol. The summed E-state index contributed by atoms with van der Waals surface area (Å²) in [6, 6.07) is 11.1. The molecule has 3 heterocycles. The highest BCUT2D eigenvalue weighted by atomic mass is 16.5. The van der Waals surface area contributed by atoms with E-state index in [2.05, 4.69) is 15.2 Å². The number of pyridine rings is 1. The van der Waals surface area contributed by atoms with Crippen molar-refractivity contribution in [3.05, 3.63) is 54.0 Å². The lowest BCUT2D eigenvalue weighted by Gasteiger charge is -2.31. The molecule has 8 heteroatoms. The third kappa shape index (κ3) is 4.27. The van der Waals surface area contributed by atoms with E-state index in [9.17, 15) is 4.79 Å². The number of carbonyl (C=O) groups excluding carboxylic acids is 1. The Balaban J connectivity index is 1.43. The van der Waals surface area contributed by atoms with Gasteiger partial charge in [-0.1, -0.05) is 12.1 Å². The van der Waals surface area contributed by atoms with Crippen LogP contribution in [0.2, 0.25) is 0 Å². The molecule has 2 aromatic heterocycles. The van der Waals surface area contributed by atoms with E-state index in [0.29, 0.717) is 41.9 Å². The van der Waals surface area contributed by atoms with E-state index in [1.54, 1.807) is 20.4 Å². The van der Waals surface area contributed by atoms with Gasteiger partial charge in [-0.2, -0.15) is 0 Å². The lowest BCUT2D eigenvalue weighted by molar-refractivity contribution is -0.131. The van der Waals surface area contributed by atoms with Gasteiger partial charge in [0.2, 0.25) is 11.8 Å². The number of nitrogens with zero attached hydrogens (tertiary/aromatic N) is 4. The minimum atomic E-state index is 0.0260. The summed E-state index contributed by atoms with van der Waals surface area (Å²) in [5.41, 5.74) is 1.53. The summed E-state index contributed by atoms with van der Waals surface area (Å²) in [5, 5.41) is 8.34. The van der Waals surface area contributed by atoms with Crippen molar-refractivity contribution in [1.29, 1.82) is 0 Å². The molecule has 1 aliphatic rings. The minimum Gasteiger partial charge on any atom is -0.493 e. The lowest BCUT2D eigenvalue weighted by atomic mass is 9.97. The minimum absolute atomic E-state index is 0.0260. The fraction of sp³-hybridized carbons (Fsp3) is 0.364. The van der Waals surface area contributed by atoms with E-state index in [1.165, 1.54) is 0 Å². The zero-order valence-electron chi connectivity index (χ0n) is 17.1. The average Bonchev–Trinajstić information content (AvgIpc) is 3.30. The zero-order valence-corrected chi connectivity index (χ0v) is 17.1. The molecule has 1 saturated heterocycles. The van der Waals surface area contributed by atoms with Gasteiger partial charge in [0.25, 0.3) is 5.89 Å². The van der Waals surface area contributed by atoms with Crippen LogP contribution in [0.1, 0.15) is 30.2 Å². The lowest BCUT2D eigenvalue weighted by Crippen LogP contribution is -2.40. The molecule has 4 rings (SSSR count). The van der Waals surface area contributed by atoms with Gasteiger partial charge in [0.15, 0.2) is 11.5 Å². The molecule has 0 bridgehead atoms. The van der Waals surface area contributed by atoms with E-state index in [4.69, 9.17) is 13.9 Å². The van der Waals surface area contributed by atoms with Gasteiger partial charge in [-0.25, -0.2) is 0 Å². The van der Waals surface area contributed by atoms with Crippen LogP contribution in [0, 0.1) is 0 Å². The number of ether oxygens (including phenoxy) is 2. The van der Waals surface area contributed by atoms with E-state index < -0.39 is 0 Å². The Labute approximate surface area is 174 Å². The van der Waals surface area contributed by atoms with Crippen molar-refractivity contribution < 1.29 is 18.7 Å². The van der Waals surface area contributed by atoms with Gasteiger partial charge >= 0.3 is 0 Å². The molecule has 1 aromatic carbocycles. The van der Waals surface area contributed by atoms with Crippen LogP contribution >= 0.6 is 0 Å². The fourth-order valence-electron chi connectivity index (χ4n) is 3.67. The van der Waals surface area contributed by atoms with Crippen molar-refractivity contribution in [2.24, 2.45) is 0 Å². The van der Waals surface area contributed by atoms with E-state index >= 15 is 0 Å². The highest BCUT2D eigenvalue weighted by Crippen LogP contribution is 2.30. The average molecular weight is 408 g/mol. The first-order valence-corrected chi connectivity index (χ1v) is 9.91. The fourth-order valence-corrected chi connectivity index (χ4v) is 3.67. The molecule has 30 heavy (non-hydrogen) atoms. The molecular formula is C22H24N4O4. The standard InChI is InChI=1S/C22H24N4O4/c1-28-18-9-8-15(12-19(18)29-2)13-20(27)26-11-5-6-16(14-26)21-24-25-22(30-21)17-7-3-4-10-23-17/h3-4,7-10,12,16H,5-6,11,13-14H2,1-2H3/t16-/m0/s1. The molecule has 0 N–H and O–H groups in total. The number of likely N-dealkylation sites (tertiary alicyclic amines) is 1. The SMILES string of the molecule is COc1ccc(CC(=O)N2CCC[C@H](c3nnc(-c4ccccn4)o3)C2)cc1OC. The number of hydrogen-bond donors (Lipinski definition) is 0. The first-order chi connectivity index (χ1) is 14.7. The molecule has 1 amide bonds. The van der Waals surface area contributed by atoms with Crippen LogP contribution in [0.3, 0.4) is 0 Å². The van der Waals surface area contributed by atoms with Gasteiger partial charge in [-0.05, 0) is 42.7 Å². The highest BCUT2D eigenvalue weighted by Gasteiger charge is 2.28. The molecule has 0 aliphatic carbocycles. The van der Waals surface area contributed by atoms with Crippen LogP contribution in [-0.4, -0.2) is 53.3 Å². The van der Waals surface area contributed by atoms with E-state index in [0.717, 1.165) is 24.9 Å². The summed E-state index contributed by atoms with van der Waals surface area (Å²) in [6.07, 6.45) is 3.79. The number of hydrogen-bond acceptors (Lipinski definition) is 7. The number of methoxy groups -OCH3 is 2. The van der Waals surface area contributed by atoms with Gasteiger partial charge in [0.05, 0.1) is 26.6 Å². The first-order valence-electron chi connectivity index (χ1n) is 9.91. The molecule has 0 spiro atoms. The quantitative estimate of drug-likeness (QED) is 0.619. The molecule has 8 nitrogen and oxygen atoms in total. The molecule has 1 atom stereocenters. The molecule has 3 aromatic rings. The van der Waals surface area contributed by atoms with Crippen molar-refractivity contribution in [3.63, 3.8) is 0 Å². The highest BCUT2D eigenvalue weighted by molar-refractivity contribution is 5.79. The largest absolute Gasteiger partial charge is 0.493 e. The van der Waals surface area contributed by atoms with Gasteiger partial charge in [0.1, 0.15) is 5.69 Å². The van der Waals surface area contributed by atoms with Crippen molar-refractivity contribution in [2.75, 3.05) is 27.3 Å². The number of piperidine rings is 1. The Morgan fingerprint density at radius 3 is 2.80 bits per heavy atom. The monoisotopic (exact) mass is 408 g/mol. The molecule has 0 unspecified atom stereocenters. The van der Waals surface area contributed by atoms with E-state index in [1.807, 2.05) is 41.3 Å². The summed E-state index contributed by atoms with van der Waals surface area (Å²) in [6.45, 7) is 1.29. The number of carbonyl (C=O) groups is 1. The van der Waals surface area contributed by atoms with Crippen LogP contribution in [0.25, 0.3) is 11.6 Å². The third-order valence-corrected chi connectivity index (χ3v) is 5.25. The van der Waals surface area contributed by atoms with Crippen molar-refractivity contribution in [3.8, 4) is 23.1 Å². The maximum atomic E-state index is 12.9. The predicted molar refractivity (Wildman–Crippen MR) is 109 cm³/mol. The van der Waals surface area contributed by atoms with Crippen molar-refractivity contribution >= 4 is 5.91 Å². The van der Waals surface area contributed by atoms with Crippen LogP contribution < -0.4 is 9.47 Å². The first kappa shape index (κ1) is 19.9. The van der Waals surface area contributed by atoms with Crippen LogP contribution in [-0.2, 0) is 11.2 Å². The van der Waals surface area contributed by atoms with Crippen LogP contribution in [0.15, 0.2) is 47.0 Å². The number of rotatable bonds is 6. The van der Waals surface area contributed by atoms with E-state index in [-0.39, 0.29) is 11.8 Å². The molecule has 156 valence electrons. The molecule has 0 radical (unpaired) electrons. The van der Waals surface area contributed by atoms with Gasteiger partial charge in [-0.3, -0.25) is 9.78 Å². The maximum Gasteiger partial charge on any atom is 0.266 e. The summed E-state index contributed by atoms with van der Waals surface area (Å²) in [5.74, 6) is 2.31. The summed E-state index contributed by atoms with van der Waals surface area (Å²) >= 11 is 0. The Bertz CT molecular complexity index is 1010. The van der Waals surface area contributed by atoms with Crippen molar-refractivity contribution in [2.45, 2.75) is 25.2 Å². The smallest absolute Gasteiger partial charge is 0.266 e. The molecule has 1 aliphatic heterocycles. The normalized spacial score (nSPS) is 16.3. The summed E-state index contributed by atoms with van der Waals surface area (Å²) < 4.78 is 16.5. The third-order valence-electron chi connectivity index (χ3n) is 5.25. The topological polar surface area (TPSA) is 90.6 Å². The maximum absolute atomic E-state index is 12.9. The predicted octanol–water partition coefficient (Wildman–Crippen LogP) is 3.10. The van der Waals surface area contributed by atoms with Crippen molar-refractivity contribution in [1.82, 2.24) is 20.1 Å². The van der Waals surface area contributed by atoms with Gasteiger partial charge in [0, 0.05) is 19.3 Å². The van der Waals surface area contributed by atoms with Crippen LogP contribution in [0.5, 0.6) is 11.5 Å². The second-order valence-electron chi connectivity index (χ2n) is 7.21. The second kappa shape index (κ2) is 8.94. The Morgan fingerprint density at radius 1 is 1.17 bits per heavy atom.